The topological polar surface area (TPSA) is 104 Å². The van der Waals surface area contributed by atoms with Crippen molar-refractivity contribution < 1.29 is 28.1 Å². The second-order valence-electron chi connectivity index (χ2n) is 5.66. The number of rotatable bonds is 5. The molecule has 0 saturated heterocycles. The number of pyridine rings is 2. The first-order chi connectivity index (χ1) is 13.3. The van der Waals surface area contributed by atoms with Crippen molar-refractivity contribution in [3.63, 3.8) is 0 Å². The Labute approximate surface area is 161 Å². The Kier molecular flexibility index (Phi) is 5.91. The monoisotopic (exact) mass is 410 g/mol. The summed E-state index contributed by atoms with van der Waals surface area (Å²) in [5.74, 6) is -0.0111. The molecule has 0 saturated carbocycles. The number of halogens is 3. The zero-order chi connectivity index (χ0) is 20.3. The predicted octanol–water partition coefficient (Wildman–Crippen LogP) is 2.58. The average Bonchev–Trinajstić information content (AvgIpc) is 3.12. The number of hydrogen-bond acceptors (Lipinski definition) is 7. The Morgan fingerprint density at radius 1 is 1.36 bits per heavy atom. The van der Waals surface area contributed by atoms with Crippen LogP contribution in [0.3, 0.4) is 0 Å². The fraction of sp³-hybridized carbons (Fsp3) is 0.250. The molecule has 1 atom stereocenters. The molecule has 7 nitrogen and oxygen atoms in total. The van der Waals surface area contributed by atoms with Crippen LogP contribution in [0.5, 0.6) is 11.5 Å². The summed E-state index contributed by atoms with van der Waals surface area (Å²) < 4.78 is 44.9. The van der Waals surface area contributed by atoms with Crippen molar-refractivity contribution in [1.29, 1.82) is 0 Å². The van der Waals surface area contributed by atoms with Gasteiger partial charge in [-0.3, -0.25) is 0 Å². The van der Waals surface area contributed by atoms with Crippen LogP contribution < -0.4 is 9.54 Å². The fourth-order valence-electron chi connectivity index (χ4n) is 2.16. The molecular formula is C16H14BF3N4O3S. The number of aryl methyl sites for hydroxylation is 1. The maximum atomic E-state index is 13.1. The van der Waals surface area contributed by atoms with Crippen LogP contribution in [-0.4, -0.2) is 37.9 Å². The van der Waals surface area contributed by atoms with Crippen molar-refractivity contribution >= 4 is 23.2 Å². The number of aliphatic hydroxyl groups excluding tert-OH is 2. The third-order valence-electron chi connectivity index (χ3n) is 3.63. The fourth-order valence-corrected chi connectivity index (χ4v) is 2.93. The molecule has 1 unspecified atom stereocenters. The molecule has 0 fully saturated rings. The first-order valence-corrected chi connectivity index (χ1v) is 8.84. The maximum absolute atomic E-state index is 13.1. The van der Waals surface area contributed by atoms with E-state index < -0.39 is 24.5 Å². The molecule has 0 aromatic carbocycles. The van der Waals surface area contributed by atoms with E-state index in [1.807, 2.05) is 0 Å². The van der Waals surface area contributed by atoms with Gasteiger partial charge < -0.3 is 0 Å². The molecule has 3 aromatic rings. The molecule has 28 heavy (non-hydrogen) atoms. The van der Waals surface area contributed by atoms with Crippen molar-refractivity contribution in [2.24, 2.45) is 4.99 Å². The Balaban J connectivity index is 2.06. The molecule has 0 spiro atoms. The van der Waals surface area contributed by atoms with Crippen molar-refractivity contribution in [2.45, 2.75) is 19.2 Å². The summed E-state index contributed by atoms with van der Waals surface area (Å²) in [6.45, 7) is 1.17. The molecule has 0 aliphatic rings. The zero-order valence-corrected chi connectivity index (χ0v) is 15.3. The third-order valence-corrected chi connectivity index (χ3v) is 4.42. The number of alkyl halides is 3. The van der Waals surface area contributed by atoms with Gasteiger partial charge in [0.1, 0.15) is 0 Å². The molecule has 3 aromatic heterocycles. The van der Waals surface area contributed by atoms with Gasteiger partial charge in [0, 0.05) is 0 Å². The van der Waals surface area contributed by atoms with E-state index in [1.165, 1.54) is 12.4 Å². The summed E-state index contributed by atoms with van der Waals surface area (Å²) in [4.78, 5) is 15.0. The van der Waals surface area contributed by atoms with E-state index in [4.69, 9.17) is 9.84 Å². The number of aliphatic hydroxyl groups is 2. The summed E-state index contributed by atoms with van der Waals surface area (Å²) in [5, 5.41) is 18.6. The molecule has 0 radical (unpaired) electrons. The SMILES string of the molecule is Cc1ncccc1Oc1cc(C(F)(F)F)cnc1/N=c1/[nH]c(C(O)CO)bs1. The van der Waals surface area contributed by atoms with Crippen molar-refractivity contribution in [2.75, 3.05) is 6.61 Å². The van der Waals surface area contributed by atoms with Crippen LogP contribution in [-0.2, 0) is 6.18 Å². The Hall–Kier alpha value is -2.57. The number of aromatic amines is 1. The number of H-pyrrole nitrogens is 1. The first-order valence-electron chi connectivity index (χ1n) is 7.96. The molecule has 0 bridgehead atoms. The van der Waals surface area contributed by atoms with E-state index in [2.05, 4.69) is 19.9 Å². The number of nitrogens with one attached hydrogen (secondary N) is 1. The molecule has 0 aliphatic heterocycles. The Bertz CT molecular complexity index is 1040. The van der Waals surface area contributed by atoms with Crippen molar-refractivity contribution in [1.82, 2.24) is 15.0 Å². The Morgan fingerprint density at radius 2 is 2.14 bits per heavy atom. The van der Waals surface area contributed by atoms with Crippen LogP contribution in [0.25, 0.3) is 0 Å². The molecule has 0 amide bonds. The zero-order valence-electron chi connectivity index (χ0n) is 14.4. The molecule has 0 aliphatic carbocycles. The van der Waals surface area contributed by atoms with Gasteiger partial charge in [0.15, 0.2) is 0 Å². The standard InChI is InChI=1S/C16H14BF3N4O3S/c1-8-11(3-2-4-21-8)27-12-5-9(16(18,19)20)6-22-14(12)24-15-23-13(17-28-15)10(26)7-25/h2-6,10,25-26H,7H2,1H3,(H,22,23,24). The van der Waals surface area contributed by atoms with Gasteiger partial charge in [0.05, 0.1) is 0 Å². The molecule has 3 heterocycles. The average molecular weight is 410 g/mol. The molecular weight excluding hydrogens is 396 g/mol. The second kappa shape index (κ2) is 8.21. The number of hydrogen-bond donors (Lipinski definition) is 3. The van der Waals surface area contributed by atoms with E-state index >= 15 is 0 Å². The van der Waals surface area contributed by atoms with Crippen LogP contribution in [0.2, 0.25) is 0 Å². The number of nitrogens with zero attached hydrogens (tertiary/aromatic N) is 3. The summed E-state index contributed by atoms with van der Waals surface area (Å²) in [6.07, 6.45) is -1.98. The van der Waals surface area contributed by atoms with Gasteiger partial charge in [-0.1, -0.05) is 0 Å². The van der Waals surface area contributed by atoms with Crippen LogP contribution in [0.1, 0.15) is 23.0 Å². The van der Waals surface area contributed by atoms with Gasteiger partial charge in [-0.25, -0.2) is 0 Å². The van der Waals surface area contributed by atoms with Crippen molar-refractivity contribution in [3.8, 4) is 11.5 Å². The first kappa shape index (κ1) is 20.2. The van der Waals surface area contributed by atoms with Gasteiger partial charge in [0.25, 0.3) is 0 Å². The quantitative estimate of drug-likeness (QED) is 0.600. The van der Waals surface area contributed by atoms with Crippen LogP contribution in [0, 0.1) is 6.92 Å². The van der Waals surface area contributed by atoms with Gasteiger partial charge in [-0.05, 0) is 0 Å². The molecule has 3 rings (SSSR count). The van der Waals surface area contributed by atoms with E-state index in [0.29, 0.717) is 17.5 Å². The molecule has 146 valence electrons. The van der Waals surface area contributed by atoms with Gasteiger partial charge in [0.2, 0.25) is 0 Å². The normalized spacial score (nSPS) is 13.4. The van der Waals surface area contributed by atoms with E-state index in [0.717, 1.165) is 17.2 Å². The minimum atomic E-state index is -4.60. The second-order valence-corrected chi connectivity index (χ2v) is 6.52. The van der Waals surface area contributed by atoms with Gasteiger partial charge in [-0.2, -0.15) is 0 Å². The number of aromatic nitrogens is 3. The van der Waals surface area contributed by atoms with E-state index in [-0.39, 0.29) is 22.1 Å². The Morgan fingerprint density at radius 3 is 2.82 bits per heavy atom. The van der Waals surface area contributed by atoms with Crippen LogP contribution in [0.4, 0.5) is 19.0 Å². The summed E-state index contributed by atoms with van der Waals surface area (Å²) >= 11 is 1.09. The molecule has 3 N–H and O–H groups in total. The van der Waals surface area contributed by atoms with Crippen molar-refractivity contribution in [3.05, 3.63) is 52.2 Å². The van der Waals surface area contributed by atoms with Gasteiger partial charge >= 0.3 is 161 Å². The third kappa shape index (κ3) is 4.64. The van der Waals surface area contributed by atoms with E-state index in [9.17, 15) is 18.3 Å². The van der Waals surface area contributed by atoms with E-state index in [1.54, 1.807) is 19.1 Å². The van der Waals surface area contributed by atoms with Crippen LogP contribution >= 0.6 is 11.2 Å². The molecule has 12 heteroatoms. The number of ether oxygens (including phenoxy) is 1. The summed E-state index contributed by atoms with van der Waals surface area (Å²) in [5.41, 5.74) is -0.166. The summed E-state index contributed by atoms with van der Waals surface area (Å²) in [7, 11) is 0. The van der Waals surface area contributed by atoms with Gasteiger partial charge in [-0.15, -0.1) is 0 Å². The minimum absolute atomic E-state index is 0.0839. The summed E-state index contributed by atoms with van der Waals surface area (Å²) in [6, 6.07) is 3.98. The van der Waals surface area contributed by atoms with Crippen LogP contribution in [0.15, 0.2) is 35.6 Å². The predicted molar refractivity (Wildman–Crippen MR) is 95.6 cm³/mol.